The maximum Gasteiger partial charge on any atom is 0.493 e. The van der Waals surface area contributed by atoms with Crippen molar-refractivity contribution in [3.8, 4) is 0 Å². The van der Waals surface area contributed by atoms with Gasteiger partial charge in [0.25, 0.3) is 0 Å². The zero-order valence-corrected chi connectivity index (χ0v) is 11.1. The highest BCUT2D eigenvalue weighted by molar-refractivity contribution is 7.87. The molecule has 21 heavy (non-hydrogen) atoms. The van der Waals surface area contributed by atoms with Gasteiger partial charge in [0.05, 0.1) is 6.42 Å². The van der Waals surface area contributed by atoms with Crippen LogP contribution in [-0.4, -0.2) is 34.4 Å². The van der Waals surface area contributed by atoms with Crippen LogP contribution < -0.4 is 0 Å². The van der Waals surface area contributed by atoms with Crippen LogP contribution in [0.5, 0.6) is 0 Å². The Morgan fingerprint density at radius 3 is 1.52 bits per heavy atom. The Hall–Kier alpha value is -0.960. The van der Waals surface area contributed by atoms with Gasteiger partial charge in [0.2, 0.25) is 0 Å². The first kappa shape index (κ1) is 22.3. The molecule has 0 aromatic heterocycles. The molecule has 0 spiro atoms. The fraction of sp³-hybridized carbons (Fsp3) is 0.667. The summed E-state index contributed by atoms with van der Waals surface area (Å²) < 4.78 is 132. The summed E-state index contributed by atoms with van der Waals surface area (Å²) in [6, 6.07) is 0. The van der Waals surface area contributed by atoms with Gasteiger partial charge < -0.3 is 0 Å². The van der Waals surface area contributed by atoms with E-state index in [0.717, 1.165) is 0 Å². The summed E-state index contributed by atoms with van der Waals surface area (Å²) in [5.41, 5.74) is -5.37. The van der Waals surface area contributed by atoms with Crippen molar-refractivity contribution in [3.05, 3.63) is 12.4 Å². The lowest BCUT2D eigenvalue weighted by Crippen LogP contribution is -2.30. The van der Waals surface area contributed by atoms with Gasteiger partial charge in [-0.05, 0) is 0 Å². The van der Waals surface area contributed by atoms with E-state index in [1.165, 1.54) is 0 Å². The minimum atomic E-state index is -6.41. The number of allylic oxidation sites excluding steroid dienone is 1. The van der Waals surface area contributed by atoms with E-state index >= 15 is 0 Å². The molecule has 0 rings (SSSR count). The van der Waals surface area contributed by atoms with E-state index < -0.39 is 50.2 Å². The van der Waals surface area contributed by atoms with Crippen LogP contribution in [-0.2, 0) is 25.2 Å². The number of hydrogen-bond donors (Lipinski definition) is 0. The summed E-state index contributed by atoms with van der Waals surface area (Å²) >= 11 is 0. The fourth-order valence-corrected chi connectivity index (χ4v) is 0.990. The van der Waals surface area contributed by atoms with Crippen molar-refractivity contribution in [3.63, 3.8) is 0 Å². The van der Waals surface area contributed by atoms with Gasteiger partial charge in [-0.3, -0.25) is 4.74 Å². The molecule has 128 valence electrons. The molecule has 0 N–H and O–H groups in total. The molecule has 0 aromatic carbocycles. The zero-order valence-electron chi connectivity index (χ0n) is 9.50. The molecule has 0 saturated carbocycles. The third-order valence-electron chi connectivity index (χ3n) is 1.04. The van der Waals surface area contributed by atoms with Crippen molar-refractivity contribution in [2.45, 2.75) is 18.0 Å². The van der Waals surface area contributed by atoms with E-state index in [-0.39, 0.29) is 0 Å². The van der Waals surface area contributed by atoms with Crippen molar-refractivity contribution >= 4 is 20.4 Å². The Morgan fingerprint density at radius 2 is 1.38 bits per heavy atom. The first-order valence-corrected chi connectivity index (χ1v) is 7.09. The third kappa shape index (κ3) is 13.8. The quantitative estimate of drug-likeness (QED) is 0.546. The van der Waals surface area contributed by atoms with Crippen molar-refractivity contribution < 1.29 is 55.7 Å². The minimum Gasteiger partial charge on any atom is -0.286 e. The van der Waals surface area contributed by atoms with Crippen LogP contribution in [0.25, 0.3) is 0 Å². The van der Waals surface area contributed by atoms with Crippen LogP contribution in [0.1, 0.15) is 6.42 Å². The minimum absolute atomic E-state index is 1.35. The number of alkyl halides is 5. The summed E-state index contributed by atoms with van der Waals surface area (Å²) in [4.78, 5) is 0. The molecule has 0 amide bonds. The monoisotopic (exact) mass is 374 g/mol. The second-order valence-corrected chi connectivity index (χ2v) is 5.68. The lowest BCUT2D eigenvalue weighted by atomic mass is 10.4. The molecule has 0 bridgehead atoms. The molecule has 15 heteroatoms. The van der Waals surface area contributed by atoms with Crippen LogP contribution in [0, 0.1) is 0 Å². The van der Waals surface area contributed by atoms with Crippen molar-refractivity contribution in [2.75, 3.05) is 5.94 Å². The van der Waals surface area contributed by atoms with Gasteiger partial charge in [-0.25, -0.2) is 4.39 Å². The van der Waals surface area contributed by atoms with E-state index in [2.05, 4.69) is 11.3 Å². The predicted octanol–water partition coefficient (Wildman–Crippen LogP) is 2.53. The molecule has 0 radical (unpaired) electrons. The molecular weight excluding hydrogens is 368 g/mol. The number of ether oxygens (including phenoxy) is 1. The van der Waals surface area contributed by atoms with Gasteiger partial charge >= 0.3 is 32.1 Å². The van der Waals surface area contributed by atoms with Gasteiger partial charge in [-0.15, -0.1) is 3.89 Å². The van der Waals surface area contributed by atoms with E-state index in [1.807, 2.05) is 0 Å². The van der Waals surface area contributed by atoms with Gasteiger partial charge in [0.15, 0.2) is 5.94 Å². The van der Waals surface area contributed by atoms with Gasteiger partial charge in [-0.1, -0.05) is 10.5 Å². The maximum atomic E-state index is 11.8. The molecule has 0 aromatic rings. The second kappa shape index (κ2) is 7.35. The second-order valence-electron chi connectivity index (χ2n) is 3.01. The Labute approximate surface area is 113 Å². The Bertz CT molecular complexity index is 548. The van der Waals surface area contributed by atoms with Crippen LogP contribution in [0.15, 0.2) is 12.4 Å². The molecule has 0 saturated heterocycles. The lowest BCUT2D eigenvalue weighted by molar-refractivity contribution is -0.159. The van der Waals surface area contributed by atoms with E-state index in [1.54, 1.807) is 0 Å². The smallest absolute Gasteiger partial charge is 0.286 e. The van der Waals surface area contributed by atoms with Gasteiger partial charge in [0.1, 0.15) is 5.83 Å². The average Bonchev–Trinajstić information content (AvgIpc) is 2.08. The topological polar surface area (TPSA) is 77.5 Å². The van der Waals surface area contributed by atoms with E-state index in [4.69, 9.17) is 0 Å². The number of rotatable bonds is 5. The molecule has 0 heterocycles. The molecule has 5 nitrogen and oxygen atoms in total. The number of hydrogen-bond acceptors (Lipinski definition) is 5. The molecule has 0 fully saturated rings. The van der Waals surface area contributed by atoms with Crippen molar-refractivity contribution in [1.82, 2.24) is 0 Å². The standard InChI is InChI=1S/C4H4F4.C2H2F4O5S2/c1-3(5)2-4(6,7)8;3-2(4,13(6,9)10)11-1-12(5,7)8/h1-2H2;1H2. The Balaban J connectivity index is 0. The highest BCUT2D eigenvalue weighted by Crippen LogP contribution is 2.25. The van der Waals surface area contributed by atoms with Crippen LogP contribution in [0.4, 0.5) is 34.1 Å². The van der Waals surface area contributed by atoms with Crippen molar-refractivity contribution in [1.29, 1.82) is 0 Å². The Kier molecular flexibility index (Phi) is 7.81. The normalized spacial score (nSPS) is 13.3. The van der Waals surface area contributed by atoms with Crippen LogP contribution in [0.2, 0.25) is 0 Å². The zero-order chi connectivity index (χ0) is 17.7. The van der Waals surface area contributed by atoms with Crippen molar-refractivity contribution in [2.24, 2.45) is 0 Å². The molecule has 0 aliphatic carbocycles. The summed E-state index contributed by atoms with van der Waals surface area (Å²) in [7, 11) is -11.9. The first-order chi connectivity index (χ1) is 8.87. The molecular formula is C6H6F8O5S2. The largest absolute Gasteiger partial charge is 0.493 e. The molecule has 0 unspecified atom stereocenters. The molecule has 0 aliphatic rings. The summed E-state index contributed by atoms with van der Waals surface area (Å²) in [5.74, 6) is -3.60. The summed E-state index contributed by atoms with van der Waals surface area (Å²) in [5, 5.41) is 0. The fourth-order valence-electron chi connectivity index (χ4n) is 0.427. The van der Waals surface area contributed by atoms with Gasteiger partial charge in [-0.2, -0.15) is 38.8 Å². The average molecular weight is 374 g/mol. The lowest BCUT2D eigenvalue weighted by Gasteiger charge is -2.09. The van der Waals surface area contributed by atoms with E-state index in [9.17, 15) is 50.9 Å². The SMILES string of the molecule is C=C(F)CC(F)(F)F.O=S(=O)(F)COC(F)(F)S(=O)(=O)F. The van der Waals surface area contributed by atoms with Crippen LogP contribution >= 0.6 is 0 Å². The Morgan fingerprint density at radius 1 is 1.00 bits per heavy atom. The maximum absolute atomic E-state index is 11.8. The molecule has 0 aliphatic heterocycles. The highest BCUT2D eigenvalue weighted by Gasteiger charge is 2.48. The first-order valence-electron chi connectivity index (χ1n) is 4.16. The summed E-state index contributed by atoms with van der Waals surface area (Å²) in [6.45, 7) is 2.45. The van der Waals surface area contributed by atoms with Crippen LogP contribution in [0.3, 0.4) is 0 Å². The predicted molar refractivity (Wildman–Crippen MR) is 51.9 cm³/mol. The highest BCUT2D eigenvalue weighted by atomic mass is 32.3. The molecule has 0 atom stereocenters. The third-order valence-corrected chi connectivity index (χ3v) is 2.13. The number of halogens is 8. The summed E-state index contributed by atoms with van der Waals surface area (Å²) in [6.07, 6.45) is -5.99. The van der Waals surface area contributed by atoms with Gasteiger partial charge in [0, 0.05) is 0 Å². The van der Waals surface area contributed by atoms with E-state index in [0.29, 0.717) is 0 Å².